The van der Waals surface area contributed by atoms with Crippen molar-refractivity contribution < 1.29 is 9.53 Å². The number of anilines is 2. The fraction of sp³-hybridized carbons (Fsp3) is 0.409. The molecule has 0 radical (unpaired) electrons. The van der Waals surface area contributed by atoms with Crippen molar-refractivity contribution >= 4 is 28.9 Å². The third kappa shape index (κ3) is 5.16. The van der Waals surface area contributed by atoms with Crippen LogP contribution < -0.4 is 15.0 Å². The first kappa shape index (κ1) is 19.6. The second kappa shape index (κ2) is 9.14. The van der Waals surface area contributed by atoms with Crippen molar-refractivity contribution in [2.75, 3.05) is 29.9 Å². The standard InChI is InChI=1S/C22H27ClN2O2/c1-16(2)15-27-18-11-9-17(10-12-18)22(26)24-20-8-6-7-19(23)21(20)25-13-4-3-5-14-25/h6-12,16H,3-5,13-15H2,1-2H3,(H,24,26). The molecular formula is C22H27ClN2O2. The third-order valence-corrected chi connectivity index (χ3v) is 4.91. The summed E-state index contributed by atoms with van der Waals surface area (Å²) in [6, 6.07) is 12.9. The van der Waals surface area contributed by atoms with Crippen LogP contribution in [0.3, 0.4) is 0 Å². The van der Waals surface area contributed by atoms with Crippen molar-refractivity contribution in [3.05, 3.63) is 53.1 Å². The van der Waals surface area contributed by atoms with E-state index in [9.17, 15) is 4.79 Å². The van der Waals surface area contributed by atoms with Gasteiger partial charge in [0.25, 0.3) is 5.91 Å². The average Bonchev–Trinajstić information content (AvgIpc) is 2.67. The second-order valence-electron chi connectivity index (χ2n) is 7.37. The summed E-state index contributed by atoms with van der Waals surface area (Å²) in [5.41, 5.74) is 2.27. The number of hydrogen-bond donors (Lipinski definition) is 1. The summed E-state index contributed by atoms with van der Waals surface area (Å²) in [5.74, 6) is 1.09. The Morgan fingerprint density at radius 1 is 1.11 bits per heavy atom. The van der Waals surface area contributed by atoms with Crippen LogP contribution in [0, 0.1) is 5.92 Å². The van der Waals surface area contributed by atoms with Gasteiger partial charge in [0, 0.05) is 18.7 Å². The number of halogens is 1. The quantitative estimate of drug-likeness (QED) is 0.700. The normalized spacial score (nSPS) is 14.3. The first-order valence-corrected chi connectivity index (χ1v) is 10.00. The van der Waals surface area contributed by atoms with Crippen LogP contribution >= 0.6 is 11.6 Å². The highest BCUT2D eigenvalue weighted by Gasteiger charge is 2.19. The van der Waals surface area contributed by atoms with Crippen molar-refractivity contribution in [1.82, 2.24) is 0 Å². The minimum atomic E-state index is -0.147. The van der Waals surface area contributed by atoms with E-state index in [2.05, 4.69) is 24.1 Å². The number of ether oxygens (including phenoxy) is 1. The lowest BCUT2D eigenvalue weighted by Gasteiger charge is -2.31. The molecule has 1 amide bonds. The Morgan fingerprint density at radius 3 is 2.48 bits per heavy atom. The van der Waals surface area contributed by atoms with E-state index in [1.807, 2.05) is 30.3 Å². The monoisotopic (exact) mass is 386 g/mol. The molecule has 4 nitrogen and oxygen atoms in total. The summed E-state index contributed by atoms with van der Waals surface area (Å²) in [6.07, 6.45) is 3.54. The van der Waals surface area contributed by atoms with Crippen molar-refractivity contribution in [3.63, 3.8) is 0 Å². The maximum atomic E-state index is 12.7. The molecule has 0 saturated carbocycles. The summed E-state index contributed by atoms with van der Waals surface area (Å²) in [4.78, 5) is 15.0. The van der Waals surface area contributed by atoms with Gasteiger partial charge in [-0.05, 0) is 61.6 Å². The fourth-order valence-corrected chi connectivity index (χ4v) is 3.51. The van der Waals surface area contributed by atoms with Crippen LogP contribution in [0.1, 0.15) is 43.5 Å². The van der Waals surface area contributed by atoms with Gasteiger partial charge in [-0.2, -0.15) is 0 Å². The van der Waals surface area contributed by atoms with E-state index in [0.29, 0.717) is 23.1 Å². The minimum absolute atomic E-state index is 0.147. The van der Waals surface area contributed by atoms with E-state index < -0.39 is 0 Å². The summed E-state index contributed by atoms with van der Waals surface area (Å²) in [7, 11) is 0. The van der Waals surface area contributed by atoms with Crippen LogP contribution in [0.4, 0.5) is 11.4 Å². The highest BCUT2D eigenvalue weighted by molar-refractivity contribution is 6.34. The van der Waals surface area contributed by atoms with Gasteiger partial charge in [-0.1, -0.05) is 31.5 Å². The van der Waals surface area contributed by atoms with Crippen molar-refractivity contribution in [2.45, 2.75) is 33.1 Å². The highest BCUT2D eigenvalue weighted by atomic mass is 35.5. The summed E-state index contributed by atoms with van der Waals surface area (Å²) in [6.45, 7) is 6.80. The maximum absolute atomic E-state index is 12.7. The van der Waals surface area contributed by atoms with E-state index in [4.69, 9.17) is 16.3 Å². The van der Waals surface area contributed by atoms with Crippen LogP contribution in [-0.2, 0) is 0 Å². The Bertz CT molecular complexity index is 768. The molecule has 2 aromatic carbocycles. The molecule has 1 aliphatic heterocycles. The van der Waals surface area contributed by atoms with Gasteiger partial charge in [-0.3, -0.25) is 4.79 Å². The molecule has 3 rings (SSSR count). The lowest BCUT2D eigenvalue weighted by atomic mass is 10.1. The Balaban J connectivity index is 1.73. The van der Waals surface area contributed by atoms with E-state index in [1.165, 1.54) is 6.42 Å². The number of hydrogen-bond acceptors (Lipinski definition) is 3. The minimum Gasteiger partial charge on any atom is -0.493 e. The van der Waals surface area contributed by atoms with E-state index >= 15 is 0 Å². The predicted octanol–water partition coefficient (Wildman–Crippen LogP) is 5.62. The summed E-state index contributed by atoms with van der Waals surface area (Å²) in [5, 5.41) is 3.70. The van der Waals surface area contributed by atoms with Gasteiger partial charge in [0.05, 0.1) is 23.0 Å². The lowest BCUT2D eigenvalue weighted by molar-refractivity contribution is 0.102. The SMILES string of the molecule is CC(C)COc1ccc(C(=O)Nc2cccc(Cl)c2N2CCCCC2)cc1. The third-order valence-electron chi connectivity index (χ3n) is 4.61. The Hall–Kier alpha value is -2.20. The van der Waals surface area contributed by atoms with Gasteiger partial charge in [0.15, 0.2) is 0 Å². The van der Waals surface area contributed by atoms with Crippen molar-refractivity contribution in [1.29, 1.82) is 0 Å². The number of carbonyl (C=O) groups excluding carboxylic acids is 1. The largest absolute Gasteiger partial charge is 0.493 e. The van der Waals surface area contributed by atoms with E-state index in [1.54, 1.807) is 12.1 Å². The van der Waals surface area contributed by atoms with Crippen LogP contribution in [0.25, 0.3) is 0 Å². The number of amides is 1. The van der Waals surface area contributed by atoms with Gasteiger partial charge in [0.2, 0.25) is 0 Å². The van der Waals surface area contributed by atoms with Gasteiger partial charge in [-0.15, -0.1) is 0 Å². The van der Waals surface area contributed by atoms with Crippen molar-refractivity contribution in [2.24, 2.45) is 5.92 Å². The molecule has 0 atom stereocenters. The number of rotatable bonds is 6. The molecule has 27 heavy (non-hydrogen) atoms. The zero-order valence-corrected chi connectivity index (χ0v) is 16.8. The maximum Gasteiger partial charge on any atom is 0.255 e. The number of nitrogens with zero attached hydrogens (tertiary/aromatic N) is 1. The Morgan fingerprint density at radius 2 is 1.81 bits per heavy atom. The number of benzene rings is 2. The predicted molar refractivity (Wildman–Crippen MR) is 112 cm³/mol. The fourth-order valence-electron chi connectivity index (χ4n) is 3.22. The number of nitrogens with one attached hydrogen (secondary N) is 1. The molecule has 0 bridgehead atoms. The number of para-hydroxylation sites is 1. The molecule has 1 aliphatic rings. The zero-order chi connectivity index (χ0) is 19.2. The topological polar surface area (TPSA) is 41.6 Å². The molecule has 144 valence electrons. The van der Waals surface area contributed by atoms with Crippen LogP contribution in [0.5, 0.6) is 5.75 Å². The lowest BCUT2D eigenvalue weighted by Crippen LogP contribution is -2.30. The molecule has 2 aromatic rings. The van der Waals surface area contributed by atoms with Gasteiger partial charge in [-0.25, -0.2) is 0 Å². The van der Waals surface area contributed by atoms with Gasteiger partial charge < -0.3 is 15.0 Å². The molecule has 0 spiro atoms. The zero-order valence-electron chi connectivity index (χ0n) is 16.0. The molecule has 1 fully saturated rings. The molecule has 1 N–H and O–H groups in total. The van der Waals surface area contributed by atoms with Gasteiger partial charge in [0.1, 0.15) is 5.75 Å². The second-order valence-corrected chi connectivity index (χ2v) is 7.77. The first-order chi connectivity index (χ1) is 13.0. The molecule has 5 heteroatoms. The van der Waals surface area contributed by atoms with E-state index in [0.717, 1.165) is 43.1 Å². The Kier molecular flexibility index (Phi) is 6.62. The van der Waals surface area contributed by atoms with Crippen LogP contribution in [-0.4, -0.2) is 25.6 Å². The molecular weight excluding hydrogens is 360 g/mol. The number of carbonyl (C=O) groups is 1. The molecule has 0 aliphatic carbocycles. The Labute approximate surface area is 166 Å². The van der Waals surface area contributed by atoms with Crippen molar-refractivity contribution in [3.8, 4) is 5.75 Å². The molecule has 0 unspecified atom stereocenters. The first-order valence-electron chi connectivity index (χ1n) is 9.62. The molecule has 1 heterocycles. The molecule has 0 aromatic heterocycles. The van der Waals surface area contributed by atoms with Gasteiger partial charge >= 0.3 is 0 Å². The van der Waals surface area contributed by atoms with Crippen LogP contribution in [0.15, 0.2) is 42.5 Å². The number of piperidine rings is 1. The van der Waals surface area contributed by atoms with Crippen LogP contribution in [0.2, 0.25) is 5.02 Å². The molecule has 1 saturated heterocycles. The summed E-state index contributed by atoms with van der Waals surface area (Å²) < 4.78 is 5.68. The smallest absolute Gasteiger partial charge is 0.255 e. The van der Waals surface area contributed by atoms with E-state index in [-0.39, 0.29) is 5.91 Å². The highest BCUT2D eigenvalue weighted by Crippen LogP contribution is 2.35. The summed E-state index contributed by atoms with van der Waals surface area (Å²) >= 11 is 6.46. The average molecular weight is 387 g/mol.